The van der Waals surface area contributed by atoms with E-state index in [0.29, 0.717) is 22.6 Å². The highest BCUT2D eigenvalue weighted by molar-refractivity contribution is 6.34. The third-order valence-electron chi connectivity index (χ3n) is 3.93. The SMILES string of the molecule is COc1ccccc1-c1cc(F)c(-c2ccccc2OC)c(Cl)c1F. The van der Waals surface area contributed by atoms with Gasteiger partial charge in [-0.2, -0.15) is 0 Å². The summed E-state index contributed by atoms with van der Waals surface area (Å²) in [6.07, 6.45) is 0. The summed E-state index contributed by atoms with van der Waals surface area (Å²) < 4.78 is 40.3. The van der Waals surface area contributed by atoms with E-state index in [4.69, 9.17) is 21.1 Å². The van der Waals surface area contributed by atoms with Crippen LogP contribution in [0.5, 0.6) is 11.5 Å². The van der Waals surface area contributed by atoms with Gasteiger partial charge in [0.15, 0.2) is 5.82 Å². The van der Waals surface area contributed by atoms with Crippen molar-refractivity contribution in [3.63, 3.8) is 0 Å². The second-order valence-electron chi connectivity index (χ2n) is 5.31. The first-order valence-electron chi connectivity index (χ1n) is 7.52. The Hall–Kier alpha value is -2.59. The molecule has 0 fully saturated rings. The maximum Gasteiger partial charge on any atom is 0.150 e. The number of ether oxygens (including phenoxy) is 2. The average molecular weight is 361 g/mol. The molecule has 0 N–H and O–H groups in total. The summed E-state index contributed by atoms with van der Waals surface area (Å²) >= 11 is 6.20. The molecule has 0 atom stereocenters. The fourth-order valence-corrected chi connectivity index (χ4v) is 3.05. The van der Waals surface area contributed by atoms with E-state index < -0.39 is 11.6 Å². The zero-order valence-electron chi connectivity index (χ0n) is 13.6. The van der Waals surface area contributed by atoms with Gasteiger partial charge in [0.25, 0.3) is 0 Å². The predicted octanol–water partition coefficient (Wildman–Crippen LogP) is 5.97. The van der Waals surface area contributed by atoms with Crippen molar-refractivity contribution < 1.29 is 18.3 Å². The van der Waals surface area contributed by atoms with E-state index in [-0.39, 0.29) is 16.1 Å². The van der Waals surface area contributed by atoms with Crippen molar-refractivity contribution in [1.82, 2.24) is 0 Å². The minimum Gasteiger partial charge on any atom is -0.496 e. The van der Waals surface area contributed by atoms with Crippen molar-refractivity contribution in [2.45, 2.75) is 0 Å². The normalized spacial score (nSPS) is 10.6. The largest absolute Gasteiger partial charge is 0.496 e. The molecule has 128 valence electrons. The van der Waals surface area contributed by atoms with E-state index in [1.807, 2.05) is 0 Å². The number of benzene rings is 3. The van der Waals surface area contributed by atoms with E-state index >= 15 is 0 Å². The summed E-state index contributed by atoms with van der Waals surface area (Å²) in [5.41, 5.74) is 0.821. The van der Waals surface area contributed by atoms with Crippen LogP contribution in [0, 0.1) is 11.6 Å². The molecule has 5 heteroatoms. The lowest BCUT2D eigenvalue weighted by Crippen LogP contribution is -1.97. The second-order valence-corrected chi connectivity index (χ2v) is 5.69. The van der Waals surface area contributed by atoms with Crippen LogP contribution in [0.3, 0.4) is 0 Å². The standard InChI is InChI=1S/C20H15ClF2O2/c1-24-16-9-5-3-7-12(16)14-11-15(22)18(19(21)20(14)23)13-8-4-6-10-17(13)25-2/h3-11H,1-2H3. The van der Waals surface area contributed by atoms with Gasteiger partial charge in [-0.25, -0.2) is 8.78 Å². The average Bonchev–Trinajstić information content (AvgIpc) is 2.65. The molecule has 3 aromatic carbocycles. The number of hydrogen-bond acceptors (Lipinski definition) is 2. The molecule has 0 aliphatic carbocycles. The van der Waals surface area contributed by atoms with Crippen LogP contribution in [0.2, 0.25) is 5.02 Å². The number of methoxy groups -OCH3 is 2. The molecule has 25 heavy (non-hydrogen) atoms. The van der Waals surface area contributed by atoms with Crippen LogP contribution >= 0.6 is 11.6 Å². The molecule has 0 bridgehead atoms. The van der Waals surface area contributed by atoms with Crippen LogP contribution in [0.15, 0.2) is 54.6 Å². The summed E-state index contributed by atoms with van der Waals surface area (Å²) in [5, 5.41) is -0.301. The van der Waals surface area contributed by atoms with Gasteiger partial charge in [-0.05, 0) is 18.2 Å². The Morgan fingerprint density at radius 2 is 1.28 bits per heavy atom. The number of hydrogen-bond donors (Lipinski definition) is 0. The maximum atomic E-state index is 15.0. The topological polar surface area (TPSA) is 18.5 Å². The Balaban J connectivity index is 2.25. The number of para-hydroxylation sites is 2. The Kier molecular flexibility index (Phi) is 4.91. The van der Waals surface area contributed by atoms with Crippen molar-refractivity contribution in [3.05, 3.63) is 71.3 Å². The molecule has 0 aromatic heterocycles. The van der Waals surface area contributed by atoms with E-state index in [1.54, 1.807) is 48.5 Å². The van der Waals surface area contributed by atoms with Gasteiger partial charge in [-0.3, -0.25) is 0 Å². The Morgan fingerprint density at radius 1 is 0.760 bits per heavy atom. The van der Waals surface area contributed by atoms with E-state index in [9.17, 15) is 8.78 Å². The lowest BCUT2D eigenvalue weighted by molar-refractivity contribution is 0.415. The monoisotopic (exact) mass is 360 g/mol. The molecule has 3 aromatic rings. The zero-order valence-corrected chi connectivity index (χ0v) is 14.4. The van der Waals surface area contributed by atoms with Crippen LogP contribution in [-0.4, -0.2) is 14.2 Å². The van der Waals surface area contributed by atoms with Crippen molar-refractivity contribution >= 4 is 11.6 Å². The molecule has 0 heterocycles. The molecule has 0 saturated carbocycles. The van der Waals surface area contributed by atoms with E-state index in [0.717, 1.165) is 6.07 Å². The van der Waals surface area contributed by atoms with Gasteiger partial charge in [0.05, 0.1) is 19.2 Å². The lowest BCUT2D eigenvalue weighted by Gasteiger charge is -2.15. The van der Waals surface area contributed by atoms with Gasteiger partial charge in [-0.1, -0.05) is 48.0 Å². The minimum absolute atomic E-state index is 0.0322. The predicted molar refractivity (Wildman–Crippen MR) is 95.3 cm³/mol. The number of rotatable bonds is 4. The summed E-state index contributed by atoms with van der Waals surface area (Å²) in [6, 6.07) is 14.7. The Labute approximate surface area is 149 Å². The minimum atomic E-state index is -0.714. The maximum absolute atomic E-state index is 15.0. The zero-order chi connectivity index (χ0) is 18.0. The highest BCUT2D eigenvalue weighted by Gasteiger charge is 2.22. The quantitative estimate of drug-likeness (QED) is 0.534. The smallest absolute Gasteiger partial charge is 0.150 e. The summed E-state index contributed by atoms with van der Waals surface area (Å²) in [6.45, 7) is 0. The molecule has 0 radical (unpaired) electrons. The van der Waals surface area contributed by atoms with Gasteiger partial charge >= 0.3 is 0 Å². The van der Waals surface area contributed by atoms with Gasteiger partial charge in [0, 0.05) is 22.3 Å². The first-order valence-corrected chi connectivity index (χ1v) is 7.90. The fraction of sp³-hybridized carbons (Fsp3) is 0.100. The molecule has 3 rings (SSSR count). The summed E-state index contributed by atoms with van der Waals surface area (Å²) in [4.78, 5) is 0. The molecular formula is C20H15ClF2O2. The molecule has 0 amide bonds. The third kappa shape index (κ3) is 3.05. The fourth-order valence-electron chi connectivity index (χ4n) is 2.76. The first kappa shape index (κ1) is 17.2. The number of halogens is 3. The third-order valence-corrected chi connectivity index (χ3v) is 4.29. The second kappa shape index (κ2) is 7.11. The van der Waals surface area contributed by atoms with Gasteiger partial charge in [0.2, 0.25) is 0 Å². The Morgan fingerprint density at radius 3 is 1.88 bits per heavy atom. The first-order chi connectivity index (χ1) is 12.1. The molecule has 2 nitrogen and oxygen atoms in total. The van der Waals surface area contributed by atoms with Crippen molar-refractivity contribution in [2.24, 2.45) is 0 Å². The van der Waals surface area contributed by atoms with Crippen LogP contribution in [0.4, 0.5) is 8.78 Å². The molecule has 0 saturated heterocycles. The highest BCUT2D eigenvalue weighted by Crippen LogP contribution is 2.42. The molecule has 0 aliphatic rings. The molecule has 0 spiro atoms. The Bertz CT molecular complexity index is 926. The summed E-state index contributed by atoms with van der Waals surface area (Å²) in [5.74, 6) is -0.514. The van der Waals surface area contributed by atoms with Crippen LogP contribution in [0.1, 0.15) is 0 Å². The molecule has 0 unspecified atom stereocenters. The van der Waals surface area contributed by atoms with Crippen LogP contribution in [0.25, 0.3) is 22.3 Å². The van der Waals surface area contributed by atoms with Crippen molar-refractivity contribution in [1.29, 1.82) is 0 Å². The van der Waals surface area contributed by atoms with Crippen molar-refractivity contribution in [3.8, 4) is 33.8 Å². The molecular weight excluding hydrogens is 346 g/mol. The van der Waals surface area contributed by atoms with Gasteiger partial charge in [-0.15, -0.1) is 0 Å². The van der Waals surface area contributed by atoms with Gasteiger partial charge < -0.3 is 9.47 Å². The van der Waals surface area contributed by atoms with Gasteiger partial charge in [0.1, 0.15) is 17.3 Å². The van der Waals surface area contributed by atoms with Crippen molar-refractivity contribution in [2.75, 3.05) is 14.2 Å². The lowest BCUT2D eigenvalue weighted by atomic mass is 9.97. The highest BCUT2D eigenvalue weighted by atomic mass is 35.5. The van der Waals surface area contributed by atoms with Crippen LogP contribution < -0.4 is 9.47 Å². The van der Waals surface area contributed by atoms with E-state index in [1.165, 1.54) is 14.2 Å². The van der Waals surface area contributed by atoms with E-state index in [2.05, 4.69) is 0 Å². The molecule has 0 aliphatic heterocycles. The summed E-state index contributed by atoms with van der Waals surface area (Å²) in [7, 11) is 2.93. The van der Waals surface area contributed by atoms with Crippen LogP contribution in [-0.2, 0) is 0 Å².